The first-order chi connectivity index (χ1) is 4.54. The third-order valence-corrected chi connectivity index (χ3v) is 0.720. The molecule has 0 atom stereocenters. The van der Waals surface area contributed by atoms with Crippen molar-refractivity contribution in [1.29, 1.82) is 0 Å². The van der Waals surface area contributed by atoms with Gasteiger partial charge >= 0.3 is 0 Å². The molecule has 0 bridgehead atoms. The van der Waals surface area contributed by atoms with Crippen LogP contribution in [0.2, 0.25) is 0 Å². The summed E-state index contributed by atoms with van der Waals surface area (Å²) in [4.78, 5) is 0. The molecule has 0 spiro atoms. The summed E-state index contributed by atoms with van der Waals surface area (Å²) in [5.74, 6) is -0.0522. The zero-order chi connectivity index (χ0) is 8.15. The lowest BCUT2D eigenvalue weighted by molar-refractivity contribution is 0.188. The Bertz CT molecular complexity index is 158. The molecule has 0 aromatic heterocycles. The fraction of sp³-hybridized carbons (Fsp3) is 0.200. The Balaban J connectivity index is 4.05. The Morgan fingerprint density at radius 3 is 1.90 bits per heavy atom. The molecule has 0 aromatic rings. The summed E-state index contributed by atoms with van der Waals surface area (Å²) >= 11 is 0. The molecular formula is C5H9F2N3. The normalized spacial score (nSPS) is 11.7. The maximum atomic E-state index is 11.6. The standard InChI is InChI=1S/C5H9F2N3/c6-5(7)3(8)1-2-4(9)10/h1-2,5H,8-10H2/b3-1-. The summed E-state index contributed by atoms with van der Waals surface area (Å²) in [6.07, 6.45) is -0.572. The molecule has 5 heteroatoms. The predicted molar refractivity (Wildman–Crippen MR) is 34.7 cm³/mol. The second-order valence-corrected chi connectivity index (χ2v) is 1.63. The summed E-state index contributed by atoms with van der Waals surface area (Å²) in [6.45, 7) is 0. The van der Waals surface area contributed by atoms with E-state index in [1.807, 2.05) is 0 Å². The van der Waals surface area contributed by atoms with Crippen molar-refractivity contribution >= 4 is 0 Å². The Labute approximate surface area is 57.2 Å². The van der Waals surface area contributed by atoms with E-state index in [2.05, 4.69) is 0 Å². The second kappa shape index (κ2) is 3.71. The lowest BCUT2D eigenvalue weighted by Crippen LogP contribution is -2.09. The van der Waals surface area contributed by atoms with E-state index in [9.17, 15) is 8.78 Å². The number of rotatable bonds is 2. The van der Waals surface area contributed by atoms with Crippen LogP contribution in [0.4, 0.5) is 8.78 Å². The molecule has 6 N–H and O–H groups in total. The number of hydrogen-bond acceptors (Lipinski definition) is 3. The van der Waals surface area contributed by atoms with Gasteiger partial charge in [-0.05, 0) is 12.2 Å². The number of alkyl halides is 2. The number of allylic oxidation sites excluding steroid dienone is 3. The quantitative estimate of drug-likeness (QED) is 0.478. The van der Waals surface area contributed by atoms with Crippen molar-refractivity contribution in [3.63, 3.8) is 0 Å². The Kier molecular flexibility index (Phi) is 3.24. The third kappa shape index (κ3) is 3.71. The number of halogens is 2. The van der Waals surface area contributed by atoms with E-state index in [1.165, 1.54) is 0 Å². The zero-order valence-electron chi connectivity index (χ0n) is 5.22. The smallest absolute Gasteiger partial charge is 0.277 e. The first-order valence-corrected chi connectivity index (χ1v) is 2.50. The van der Waals surface area contributed by atoms with Crippen molar-refractivity contribution in [3.8, 4) is 0 Å². The molecule has 0 aliphatic rings. The summed E-state index contributed by atoms with van der Waals surface area (Å²) in [7, 11) is 0. The van der Waals surface area contributed by atoms with Gasteiger partial charge < -0.3 is 17.2 Å². The van der Waals surface area contributed by atoms with Crippen molar-refractivity contribution in [1.82, 2.24) is 0 Å². The van der Waals surface area contributed by atoms with E-state index < -0.39 is 12.1 Å². The number of nitrogens with two attached hydrogens (primary N) is 3. The zero-order valence-corrected chi connectivity index (χ0v) is 5.22. The first kappa shape index (κ1) is 8.74. The molecule has 0 saturated carbocycles. The monoisotopic (exact) mass is 149 g/mol. The van der Waals surface area contributed by atoms with Gasteiger partial charge in [-0.15, -0.1) is 0 Å². The Morgan fingerprint density at radius 2 is 1.60 bits per heavy atom. The van der Waals surface area contributed by atoms with Crippen LogP contribution in [0.3, 0.4) is 0 Å². The van der Waals surface area contributed by atoms with E-state index in [1.54, 1.807) is 0 Å². The van der Waals surface area contributed by atoms with Crippen molar-refractivity contribution in [3.05, 3.63) is 23.7 Å². The van der Waals surface area contributed by atoms with Gasteiger partial charge in [0.1, 0.15) is 0 Å². The third-order valence-electron chi connectivity index (χ3n) is 0.720. The van der Waals surface area contributed by atoms with Crippen LogP contribution in [-0.4, -0.2) is 6.43 Å². The summed E-state index contributed by atoms with van der Waals surface area (Å²) in [5.41, 5.74) is 14.1. The Morgan fingerprint density at radius 1 is 1.10 bits per heavy atom. The molecule has 0 aromatic carbocycles. The molecular weight excluding hydrogens is 140 g/mol. The minimum absolute atomic E-state index is 0.0522. The maximum Gasteiger partial charge on any atom is 0.277 e. The van der Waals surface area contributed by atoms with Gasteiger partial charge in [0.15, 0.2) is 0 Å². The van der Waals surface area contributed by atoms with Crippen LogP contribution in [0.25, 0.3) is 0 Å². The van der Waals surface area contributed by atoms with E-state index in [0.29, 0.717) is 0 Å². The van der Waals surface area contributed by atoms with E-state index in [0.717, 1.165) is 12.2 Å². The molecule has 0 aliphatic carbocycles. The molecule has 0 rings (SSSR count). The summed E-state index contributed by atoms with van der Waals surface area (Å²) in [6, 6.07) is 0. The molecule has 0 heterocycles. The molecule has 0 unspecified atom stereocenters. The SMILES string of the molecule is NC(N)=C/C=C(\N)C(F)F. The highest BCUT2D eigenvalue weighted by molar-refractivity contribution is 5.13. The van der Waals surface area contributed by atoms with Gasteiger partial charge in [0, 0.05) is 0 Å². The van der Waals surface area contributed by atoms with Crippen molar-refractivity contribution < 1.29 is 8.78 Å². The van der Waals surface area contributed by atoms with Crippen molar-refractivity contribution in [2.75, 3.05) is 0 Å². The van der Waals surface area contributed by atoms with Crippen LogP contribution in [0.1, 0.15) is 0 Å². The van der Waals surface area contributed by atoms with Crippen LogP contribution in [-0.2, 0) is 0 Å². The van der Waals surface area contributed by atoms with Gasteiger partial charge in [0.2, 0.25) is 0 Å². The van der Waals surface area contributed by atoms with E-state index in [4.69, 9.17) is 17.2 Å². The predicted octanol–water partition coefficient (Wildman–Crippen LogP) is -0.147. The summed E-state index contributed by atoms with van der Waals surface area (Å²) < 4.78 is 23.1. The van der Waals surface area contributed by atoms with Gasteiger partial charge in [-0.3, -0.25) is 0 Å². The van der Waals surface area contributed by atoms with Crippen LogP contribution < -0.4 is 17.2 Å². The van der Waals surface area contributed by atoms with Crippen LogP contribution >= 0.6 is 0 Å². The highest BCUT2D eigenvalue weighted by atomic mass is 19.3. The molecule has 0 amide bonds. The second-order valence-electron chi connectivity index (χ2n) is 1.63. The van der Waals surface area contributed by atoms with Crippen LogP contribution in [0.15, 0.2) is 23.7 Å². The minimum atomic E-state index is -2.66. The van der Waals surface area contributed by atoms with E-state index in [-0.39, 0.29) is 5.82 Å². The first-order valence-electron chi connectivity index (χ1n) is 2.50. The fourth-order valence-electron chi connectivity index (χ4n) is 0.265. The lowest BCUT2D eigenvalue weighted by Gasteiger charge is -1.94. The molecule has 3 nitrogen and oxygen atoms in total. The molecule has 10 heavy (non-hydrogen) atoms. The number of hydrogen-bond donors (Lipinski definition) is 3. The van der Waals surface area contributed by atoms with Gasteiger partial charge in [-0.25, -0.2) is 8.78 Å². The van der Waals surface area contributed by atoms with Crippen LogP contribution in [0.5, 0.6) is 0 Å². The largest absolute Gasteiger partial charge is 0.397 e. The van der Waals surface area contributed by atoms with Gasteiger partial charge in [0.05, 0.1) is 11.5 Å². The average molecular weight is 149 g/mol. The highest BCUT2D eigenvalue weighted by Gasteiger charge is 2.03. The fourth-order valence-corrected chi connectivity index (χ4v) is 0.265. The maximum absolute atomic E-state index is 11.6. The van der Waals surface area contributed by atoms with Gasteiger partial charge in [-0.1, -0.05) is 0 Å². The summed E-state index contributed by atoms with van der Waals surface area (Å²) in [5, 5.41) is 0. The molecule has 0 aliphatic heterocycles. The molecule has 58 valence electrons. The lowest BCUT2D eigenvalue weighted by atomic mass is 10.4. The average Bonchev–Trinajstić information content (AvgIpc) is 1.82. The van der Waals surface area contributed by atoms with E-state index >= 15 is 0 Å². The van der Waals surface area contributed by atoms with Crippen molar-refractivity contribution in [2.24, 2.45) is 17.2 Å². The molecule has 0 saturated heterocycles. The van der Waals surface area contributed by atoms with Gasteiger partial charge in [-0.2, -0.15) is 0 Å². The topological polar surface area (TPSA) is 78.1 Å². The molecule has 0 radical (unpaired) electrons. The van der Waals surface area contributed by atoms with Gasteiger partial charge in [0.25, 0.3) is 6.43 Å². The van der Waals surface area contributed by atoms with Crippen molar-refractivity contribution in [2.45, 2.75) is 6.43 Å². The van der Waals surface area contributed by atoms with Crippen LogP contribution in [0, 0.1) is 0 Å². The Hall–Kier alpha value is -1.26. The minimum Gasteiger partial charge on any atom is -0.397 e. The molecule has 0 fully saturated rings. The highest BCUT2D eigenvalue weighted by Crippen LogP contribution is 2.00.